The van der Waals surface area contributed by atoms with Crippen molar-refractivity contribution in [3.05, 3.63) is 23.0 Å². The number of methoxy groups -OCH3 is 2. The van der Waals surface area contributed by atoms with Crippen LogP contribution in [0.25, 0.3) is 11.0 Å². The molecule has 0 spiro atoms. The summed E-state index contributed by atoms with van der Waals surface area (Å²) in [5.74, 6) is 0.558. The minimum absolute atomic E-state index is 0.208. The molecule has 0 bridgehead atoms. The van der Waals surface area contributed by atoms with Crippen molar-refractivity contribution in [3.63, 3.8) is 0 Å². The first-order valence-corrected chi connectivity index (χ1v) is 7.47. The number of carbonyl (C=O) groups is 1. The van der Waals surface area contributed by atoms with E-state index in [9.17, 15) is 4.79 Å². The highest BCUT2D eigenvalue weighted by Gasteiger charge is 2.07. The predicted molar refractivity (Wildman–Crippen MR) is 85.7 cm³/mol. The van der Waals surface area contributed by atoms with Gasteiger partial charge in [-0.05, 0) is 30.8 Å². The van der Waals surface area contributed by atoms with Crippen LogP contribution in [-0.2, 0) is 20.8 Å². The zero-order chi connectivity index (χ0) is 15.9. The summed E-state index contributed by atoms with van der Waals surface area (Å²) in [4.78, 5) is 14.3. The average molecular weight is 324 g/mol. The quantitative estimate of drug-likeness (QED) is 0.459. The molecular weight excluding hydrogens is 304 g/mol. The molecule has 0 aliphatic rings. The standard InChI is InChI=1S/C15H20N2O4S/c1-19-8-9-21-11-5-6-13-12(10-11)16-15(22)17(13)7-3-4-14(18)20-2/h5-6,10H,3-4,7-9H2,1-2H3,(H,16,22). The topological polar surface area (TPSA) is 65.5 Å². The van der Waals surface area contributed by atoms with E-state index in [1.807, 2.05) is 22.8 Å². The number of aryl methyl sites for hydroxylation is 1. The highest BCUT2D eigenvalue weighted by molar-refractivity contribution is 7.71. The molecule has 0 aliphatic carbocycles. The highest BCUT2D eigenvalue weighted by Crippen LogP contribution is 2.21. The Labute approximate surface area is 134 Å². The first-order valence-electron chi connectivity index (χ1n) is 7.07. The molecule has 0 radical (unpaired) electrons. The molecule has 6 nitrogen and oxygen atoms in total. The summed E-state index contributed by atoms with van der Waals surface area (Å²) in [6, 6.07) is 5.77. The third-order valence-corrected chi connectivity index (χ3v) is 3.61. The molecule has 7 heteroatoms. The number of nitrogens with zero attached hydrogens (tertiary/aromatic N) is 1. The van der Waals surface area contributed by atoms with Crippen molar-refractivity contribution in [3.8, 4) is 5.75 Å². The van der Waals surface area contributed by atoms with Crippen molar-refractivity contribution >= 4 is 29.2 Å². The number of nitrogens with one attached hydrogen (secondary N) is 1. The molecule has 0 amide bonds. The third kappa shape index (κ3) is 4.08. The molecule has 0 saturated carbocycles. The number of rotatable bonds is 8. The molecule has 1 heterocycles. The lowest BCUT2D eigenvalue weighted by Gasteiger charge is -2.07. The second-order valence-corrected chi connectivity index (χ2v) is 5.17. The van der Waals surface area contributed by atoms with E-state index in [1.165, 1.54) is 7.11 Å². The number of hydrogen-bond donors (Lipinski definition) is 1. The van der Waals surface area contributed by atoms with Crippen LogP contribution in [0.4, 0.5) is 0 Å². The third-order valence-electron chi connectivity index (χ3n) is 3.29. The van der Waals surface area contributed by atoms with Gasteiger partial charge in [0.25, 0.3) is 0 Å². The van der Waals surface area contributed by atoms with E-state index in [0.717, 1.165) is 16.8 Å². The Bertz CT molecular complexity index is 692. The monoisotopic (exact) mass is 324 g/mol. The van der Waals surface area contributed by atoms with Crippen LogP contribution in [0.1, 0.15) is 12.8 Å². The summed E-state index contributed by atoms with van der Waals surface area (Å²) >= 11 is 5.34. The van der Waals surface area contributed by atoms with Gasteiger partial charge in [0.1, 0.15) is 12.4 Å². The zero-order valence-electron chi connectivity index (χ0n) is 12.8. The molecule has 2 rings (SSSR count). The van der Waals surface area contributed by atoms with Crippen molar-refractivity contribution in [1.82, 2.24) is 9.55 Å². The summed E-state index contributed by atoms with van der Waals surface area (Å²) in [6.07, 6.45) is 1.06. The molecule has 0 unspecified atom stereocenters. The number of benzene rings is 1. The van der Waals surface area contributed by atoms with Crippen LogP contribution >= 0.6 is 12.2 Å². The van der Waals surface area contributed by atoms with Gasteiger partial charge >= 0.3 is 5.97 Å². The summed E-state index contributed by atoms with van der Waals surface area (Å²) in [5, 5.41) is 0. The number of H-pyrrole nitrogens is 1. The number of carbonyl (C=O) groups excluding carboxylic acids is 1. The normalized spacial score (nSPS) is 10.8. The van der Waals surface area contributed by atoms with Crippen molar-refractivity contribution in [2.45, 2.75) is 19.4 Å². The van der Waals surface area contributed by atoms with Gasteiger partial charge in [-0.3, -0.25) is 4.79 Å². The number of hydrogen-bond acceptors (Lipinski definition) is 5. The fourth-order valence-corrected chi connectivity index (χ4v) is 2.48. The number of aromatic amines is 1. The van der Waals surface area contributed by atoms with Crippen LogP contribution in [0.5, 0.6) is 5.75 Å². The number of ether oxygens (including phenoxy) is 3. The molecular formula is C15H20N2O4S. The molecule has 22 heavy (non-hydrogen) atoms. The average Bonchev–Trinajstić information content (AvgIpc) is 2.82. The molecule has 0 aliphatic heterocycles. The zero-order valence-corrected chi connectivity index (χ0v) is 13.6. The lowest BCUT2D eigenvalue weighted by atomic mass is 10.2. The summed E-state index contributed by atoms with van der Waals surface area (Å²) in [7, 11) is 3.03. The molecule has 2 aromatic rings. The molecule has 0 fully saturated rings. The van der Waals surface area contributed by atoms with Crippen LogP contribution in [0.3, 0.4) is 0 Å². The minimum atomic E-state index is -0.208. The van der Waals surface area contributed by atoms with Gasteiger partial charge in [-0.1, -0.05) is 0 Å². The first kappa shape index (κ1) is 16.5. The van der Waals surface area contributed by atoms with Gasteiger partial charge in [-0.2, -0.15) is 0 Å². The Kier molecular flexibility index (Phi) is 5.97. The van der Waals surface area contributed by atoms with Crippen LogP contribution in [0.15, 0.2) is 18.2 Å². The highest BCUT2D eigenvalue weighted by atomic mass is 32.1. The second kappa shape index (κ2) is 7.95. The number of esters is 1. The molecule has 1 N–H and O–H groups in total. The summed E-state index contributed by atoms with van der Waals surface area (Å²) < 4.78 is 17.8. The maximum absolute atomic E-state index is 11.2. The Balaban J connectivity index is 2.10. The number of imidazole rings is 1. The van der Waals surface area contributed by atoms with E-state index in [2.05, 4.69) is 9.72 Å². The minimum Gasteiger partial charge on any atom is -0.491 e. The first-order chi connectivity index (χ1) is 10.7. The fourth-order valence-electron chi connectivity index (χ4n) is 2.18. The van der Waals surface area contributed by atoms with Gasteiger partial charge in [-0.15, -0.1) is 0 Å². The Morgan fingerprint density at radius 1 is 1.32 bits per heavy atom. The van der Waals surface area contributed by atoms with Crippen molar-refractivity contribution in [1.29, 1.82) is 0 Å². The second-order valence-electron chi connectivity index (χ2n) is 4.78. The van der Waals surface area contributed by atoms with Crippen molar-refractivity contribution in [2.75, 3.05) is 27.4 Å². The summed E-state index contributed by atoms with van der Waals surface area (Å²) in [5.41, 5.74) is 1.91. The molecule has 120 valence electrons. The van der Waals surface area contributed by atoms with Crippen LogP contribution < -0.4 is 4.74 Å². The fraction of sp³-hybridized carbons (Fsp3) is 0.467. The summed E-state index contributed by atoms with van der Waals surface area (Å²) in [6.45, 7) is 1.71. The van der Waals surface area contributed by atoms with Crippen LogP contribution in [-0.4, -0.2) is 43.0 Å². The van der Waals surface area contributed by atoms with Gasteiger partial charge in [0.05, 0.1) is 24.8 Å². The maximum atomic E-state index is 11.2. The van der Waals surface area contributed by atoms with Crippen LogP contribution in [0.2, 0.25) is 0 Å². The van der Waals surface area contributed by atoms with E-state index in [-0.39, 0.29) is 5.97 Å². The Morgan fingerprint density at radius 3 is 2.86 bits per heavy atom. The van der Waals surface area contributed by atoms with Gasteiger partial charge < -0.3 is 23.8 Å². The van der Waals surface area contributed by atoms with Crippen molar-refractivity contribution in [2.24, 2.45) is 0 Å². The molecule has 1 aromatic carbocycles. The van der Waals surface area contributed by atoms with E-state index in [0.29, 0.717) is 37.4 Å². The molecule has 0 atom stereocenters. The Morgan fingerprint density at radius 2 is 2.14 bits per heavy atom. The number of aromatic nitrogens is 2. The lowest BCUT2D eigenvalue weighted by molar-refractivity contribution is -0.140. The smallest absolute Gasteiger partial charge is 0.305 e. The van der Waals surface area contributed by atoms with Crippen molar-refractivity contribution < 1.29 is 19.0 Å². The van der Waals surface area contributed by atoms with E-state index < -0.39 is 0 Å². The van der Waals surface area contributed by atoms with E-state index in [1.54, 1.807) is 7.11 Å². The maximum Gasteiger partial charge on any atom is 0.305 e. The predicted octanol–water partition coefficient (Wildman–Crippen LogP) is 2.68. The lowest BCUT2D eigenvalue weighted by Crippen LogP contribution is -2.05. The number of fused-ring (bicyclic) bond motifs is 1. The van der Waals surface area contributed by atoms with Crippen LogP contribution in [0, 0.1) is 4.77 Å². The molecule has 0 saturated heterocycles. The van der Waals surface area contributed by atoms with Gasteiger partial charge in [0.15, 0.2) is 4.77 Å². The molecule has 1 aromatic heterocycles. The van der Waals surface area contributed by atoms with E-state index >= 15 is 0 Å². The van der Waals surface area contributed by atoms with Gasteiger partial charge in [-0.25, -0.2) is 0 Å². The van der Waals surface area contributed by atoms with E-state index in [4.69, 9.17) is 21.7 Å². The largest absolute Gasteiger partial charge is 0.491 e. The Hall–Kier alpha value is -1.86. The van der Waals surface area contributed by atoms with Gasteiger partial charge in [0, 0.05) is 26.1 Å². The SMILES string of the molecule is COCCOc1ccc2c(c1)[nH]c(=S)n2CCCC(=O)OC. The van der Waals surface area contributed by atoms with Gasteiger partial charge in [0.2, 0.25) is 0 Å².